The number of fused-ring (bicyclic) bond motifs is 2. The average molecular weight is 576 g/mol. The molecule has 10 heteroatoms. The fourth-order valence-electron chi connectivity index (χ4n) is 5.92. The van der Waals surface area contributed by atoms with E-state index < -0.39 is 5.60 Å². The molecule has 7 rings (SSSR count). The van der Waals surface area contributed by atoms with Crippen LogP contribution in [0.2, 0.25) is 0 Å². The lowest BCUT2D eigenvalue weighted by Crippen LogP contribution is -2.37. The summed E-state index contributed by atoms with van der Waals surface area (Å²) < 4.78 is 9.79. The van der Waals surface area contributed by atoms with Crippen LogP contribution in [0.15, 0.2) is 84.2 Å². The predicted octanol–water partition coefficient (Wildman–Crippen LogP) is 4.51. The van der Waals surface area contributed by atoms with Crippen molar-refractivity contribution in [2.45, 2.75) is 38.1 Å². The number of nitrogens with zero attached hydrogens (tertiary/aromatic N) is 5. The Morgan fingerprint density at radius 1 is 1.05 bits per heavy atom. The second-order valence-corrected chi connectivity index (χ2v) is 11.8. The van der Waals surface area contributed by atoms with Gasteiger partial charge >= 0.3 is 0 Å². The van der Waals surface area contributed by atoms with Crippen molar-refractivity contribution in [3.8, 4) is 22.5 Å². The molecule has 3 N–H and O–H groups in total. The third-order valence-corrected chi connectivity index (χ3v) is 7.87. The van der Waals surface area contributed by atoms with E-state index >= 15 is 0 Å². The highest BCUT2D eigenvalue weighted by atomic mass is 16.5. The van der Waals surface area contributed by atoms with E-state index in [0.29, 0.717) is 24.5 Å². The van der Waals surface area contributed by atoms with E-state index in [-0.39, 0.29) is 17.7 Å². The third-order valence-electron chi connectivity index (χ3n) is 7.87. The number of rotatable bonds is 6. The molecule has 0 aliphatic carbocycles. The van der Waals surface area contributed by atoms with Gasteiger partial charge in [0.25, 0.3) is 5.56 Å². The fraction of sp³-hybridized carbons (Fsp3) is 0.273. The molecule has 2 unspecified atom stereocenters. The number of aliphatic hydroxyl groups is 1. The van der Waals surface area contributed by atoms with Crippen LogP contribution in [-0.2, 0) is 18.3 Å². The van der Waals surface area contributed by atoms with Gasteiger partial charge in [-0.2, -0.15) is 5.10 Å². The molecular weight excluding hydrogens is 542 g/mol. The molecule has 0 radical (unpaired) electrons. The van der Waals surface area contributed by atoms with E-state index in [1.807, 2.05) is 48.8 Å². The molecule has 2 aromatic carbocycles. The maximum Gasteiger partial charge on any atom is 0.274 e. The molecule has 10 nitrogen and oxygen atoms in total. The van der Waals surface area contributed by atoms with Gasteiger partial charge in [-0.15, -0.1) is 0 Å². The van der Waals surface area contributed by atoms with E-state index in [2.05, 4.69) is 33.6 Å². The zero-order valence-electron chi connectivity index (χ0n) is 24.3. The quantitative estimate of drug-likeness (QED) is 0.267. The van der Waals surface area contributed by atoms with Crippen molar-refractivity contribution in [3.05, 3.63) is 101 Å². The molecule has 43 heavy (non-hydrogen) atoms. The molecule has 1 fully saturated rings. The molecule has 0 bridgehead atoms. The molecular formula is C33H33N7O3. The van der Waals surface area contributed by atoms with Gasteiger partial charge in [0.2, 0.25) is 0 Å². The Morgan fingerprint density at radius 3 is 2.70 bits per heavy atom. The van der Waals surface area contributed by atoms with Gasteiger partial charge in [0.1, 0.15) is 11.6 Å². The summed E-state index contributed by atoms with van der Waals surface area (Å²) in [6.07, 6.45) is 6.87. The van der Waals surface area contributed by atoms with Crippen molar-refractivity contribution in [1.29, 1.82) is 0 Å². The number of pyridine rings is 1. The van der Waals surface area contributed by atoms with Crippen LogP contribution in [0.3, 0.4) is 0 Å². The Balaban J connectivity index is 1.42. The highest BCUT2D eigenvalue weighted by molar-refractivity contribution is 5.97. The number of ether oxygens (including phenoxy) is 1. The lowest BCUT2D eigenvalue weighted by Gasteiger charge is -2.33. The summed E-state index contributed by atoms with van der Waals surface area (Å²) in [7, 11) is 1.76. The first-order valence-electron chi connectivity index (χ1n) is 14.4. The number of hydrogen-bond donors (Lipinski definition) is 3. The molecule has 0 saturated carbocycles. The Hall–Kier alpha value is -4.64. The third kappa shape index (κ3) is 5.14. The van der Waals surface area contributed by atoms with Crippen molar-refractivity contribution in [2.24, 2.45) is 7.05 Å². The van der Waals surface area contributed by atoms with Crippen LogP contribution in [-0.4, -0.2) is 53.2 Å². The Bertz CT molecular complexity index is 2000. The first kappa shape index (κ1) is 27.2. The summed E-state index contributed by atoms with van der Waals surface area (Å²) in [5.74, 6) is 0.536. The summed E-state index contributed by atoms with van der Waals surface area (Å²) in [4.78, 5) is 25.9. The van der Waals surface area contributed by atoms with Gasteiger partial charge in [0.15, 0.2) is 5.82 Å². The van der Waals surface area contributed by atoms with Gasteiger partial charge in [-0.25, -0.2) is 9.97 Å². The normalized spacial score (nSPS) is 17.6. The van der Waals surface area contributed by atoms with Gasteiger partial charge in [-0.05, 0) is 43.2 Å². The van der Waals surface area contributed by atoms with Crippen LogP contribution >= 0.6 is 0 Å². The summed E-state index contributed by atoms with van der Waals surface area (Å²) in [6.45, 7) is 5.11. The summed E-state index contributed by atoms with van der Waals surface area (Å²) in [5.41, 5.74) is 4.88. The number of nitrogens with one attached hydrogen (secondary N) is 2. The van der Waals surface area contributed by atoms with E-state index in [0.717, 1.165) is 50.8 Å². The zero-order chi connectivity index (χ0) is 29.7. The minimum absolute atomic E-state index is 0.0734. The highest BCUT2D eigenvalue weighted by Gasteiger charge is 2.32. The average Bonchev–Trinajstić information content (AvgIpc) is 3.68. The van der Waals surface area contributed by atoms with Gasteiger partial charge in [-0.3, -0.25) is 9.48 Å². The van der Waals surface area contributed by atoms with Gasteiger partial charge in [-0.1, -0.05) is 36.4 Å². The molecule has 1 saturated heterocycles. The van der Waals surface area contributed by atoms with Crippen molar-refractivity contribution >= 4 is 21.8 Å². The van der Waals surface area contributed by atoms with E-state index in [4.69, 9.17) is 14.7 Å². The maximum absolute atomic E-state index is 12.7. The largest absolute Gasteiger partial charge is 0.389 e. The SMILES string of the molecule is Cn1cc(-c2ccc3nc(-c4cnn(CC(C)(C)O)c4)nc(C4OCCNC4c4ccccc4)c3c2)c2cc[nH]c2c1=O. The van der Waals surface area contributed by atoms with Crippen LogP contribution < -0.4 is 10.9 Å². The first-order chi connectivity index (χ1) is 20.7. The minimum atomic E-state index is -0.911. The lowest BCUT2D eigenvalue weighted by molar-refractivity contribution is -0.00792. The molecule has 1 aliphatic rings. The molecule has 6 aromatic rings. The molecule has 5 heterocycles. The molecule has 1 aliphatic heterocycles. The van der Waals surface area contributed by atoms with E-state index in [1.54, 1.807) is 42.5 Å². The van der Waals surface area contributed by atoms with Gasteiger partial charge < -0.3 is 24.7 Å². The predicted molar refractivity (Wildman–Crippen MR) is 165 cm³/mol. The molecule has 4 aromatic heterocycles. The monoisotopic (exact) mass is 575 g/mol. The second kappa shape index (κ2) is 10.6. The van der Waals surface area contributed by atoms with Crippen LogP contribution in [0.4, 0.5) is 0 Å². The Kier molecular flexibility index (Phi) is 6.69. The number of morpholine rings is 1. The molecule has 0 amide bonds. The Labute approximate surface area is 248 Å². The summed E-state index contributed by atoms with van der Waals surface area (Å²) in [5, 5.41) is 20.1. The standard InChI is InChI=1S/C33H33N7O3/c1-33(2,42)19-40-17-22(16-36-40)31-37-26-10-9-21(25-18-39(3)32(41)29-23(25)11-12-34-29)15-24(26)28(38-31)30-27(35-13-14-43-30)20-7-5-4-6-8-20/h4-12,15-18,27,30,34-35,42H,13-14,19H2,1-3H3. The lowest BCUT2D eigenvalue weighted by atomic mass is 9.94. The van der Waals surface area contributed by atoms with Gasteiger partial charge in [0.05, 0.1) is 47.8 Å². The molecule has 2 atom stereocenters. The van der Waals surface area contributed by atoms with E-state index in [9.17, 15) is 9.90 Å². The van der Waals surface area contributed by atoms with Crippen molar-refractivity contribution in [3.63, 3.8) is 0 Å². The minimum Gasteiger partial charge on any atom is -0.389 e. The second-order valence-electron chi connectivity index (χ2n) is 11.8. The first-order valence-corrected chi connectivity index (χ1v) is 14.4. The molecule has 218 valence electrons. The van der Waals surface area contributed by atoms with Crippen LogP contribution in [0.5, 0.6) is 0 Å². The maximum atomic E-state index is 12.7. The zero-order valence-corrected chi connectivity index (χ0v) is 24.3. The smallest absolute Gasteiger partial charge is 0.274 e. The van der Waals surface area contributed by atoms with Crippen LogP contribution in [0.25, 0.3) is 44.3 Å². The molecule has 0 spiro atoms. The van der Waals surface area contributed by atoms with Crippen molar-refractivity contribution in [1.82, 2.24) is 34.6 Å². The van der Waals surface area contributed by atoms with Crippen molar-refractivity contribution < 1.29 is 9.84 Å². The van der Waals surface area contributed by atoms with Crippen molar-refractivity contribution in [2.75, 3.05) is 13.2 Å². The number of aromatic nitrogens is 6. The number of H-pyrrole nitrogens is 1. The van der Waals surface area contributed by atoms with E-state index in [1.165, 1.54) is 0 Å². The Morgan fingerprint density at radius 2 is 1.88 bits per heavy atom. The number of aryl methyl sites for hydroxylation is 1. The summed E-state index contributed by atoms with van der Waals surface area (Å²) in [6, 6.07) is 18.2. The van der Waals surface area contributed by atoms with Gasteiger partial charge in [0, 0.05) is 48.5 Å². The summed E-state index contributed by atoms with van der Waals surface area (Å²) >= 11 is 0. The number of hydrogen-bond acceptors (Lipinski definition) is 7. The number of aromatic amines is 1. The van der Waals surface area contributed by atoms with Crippen LogP contribution in [0.1, 0.15) is 37.3 Å². The number of benzene rings is 2. The van der Waals surface area contributed by atoms with Crippen LogP contribution in [0, 0.1) is 0 Å². The highest BCUT2D eigenvalue weighted by Crippen LogP contribution is 2.39. The fourth-order valence-corrected chi connectivity index (χ4v) is 5.92. The topological polar surface area (TPSA) is 123 Å².